The van der Waals surface area contributed by atoms with Crippen molar-refractivity contribution in [3.8, 4) is 0 Å². The Morgan fingerprint density at radius 3 is 2.32 bits per heavy atom. The Morgan fingerprint density at radius 2 is 1.74 bits per heavy atom. The van der Waals surface area contributed by atoms with E-state index in [1.807, 2.05) is 13.0 Å². The standard InChI is InChI=1S/C16H28O3/c1-13(11-18-2)9-15(12-19-3)16(17)10-14-7-5-4-6-8-14/h9,14,17H,4-8,10-12H2,1-3H3/b13-9+,16-15-. The van der Waals surface area contributed by atoms with E-state index < -0.39 is 0 Å². The van der Waals surface area contributed by atoms with E-state index in [4.69, 9.17) is 9.47 Å². The maximum Gasteiger partial charge on any atom is 0.0980 e. The average molecular weight is 268 g/mol. The van der Waals surface area contributed by atoms with Crippen molar-refractivity contribution >= 4 is 0 Å². The van der Waals surface area contributed by atoms with E-state index in [0.717, 1.165) is 17.6 Å². The Kier molecular flexibility index (Phi) is 7.84. The molecule has 0 aromatic rings. The van der Waals surface area contributed by atoms with Crippen LogP contribution in [0.4, 0.5) is 0 Å². The molecule has 110 valence electrons. The van der Waals surface area contributed by atoms with Gasteiger partial charge in [0.1, 0.15) is 0 Å². The van der Waals surface area contributed by atoms with E-state index in [1.54, 1.807) is 14.2 Å². The zero-order valence-electron chi connectivity index (χ0n) is 12.6. The van der Waals surface area contributed by atoms with E-state index in [-0.39, 0.29) is 0 Å². The monoisotopic (exact) mass is 268 g/mol. The maximum absolute atomic E-state index is 10.3. The molecule has 0 atom stereocenters. The molecule has 1 rings (SSSR count). The van der Waals surface area contributed by atoms with Gasteiger partial charge in [-0.3, -0.25) is 0 Å². The summed E-state index contributed by atoms with van der Waals surface area (Å²) in [5.41, 5.74) is 1.99. The second-order valence-corrected chi connectivity index (χ2v) is 5.54. The summed E-state index contributed by atoms with van der Waals surface area (Å²) in [5, 5.41) is 10.3. The number of hydrogen-bond donors (Lipinski definition) is 1. The van der Waals surface area contributed by atoms with Crippen LogP contribution in [0.3, 0.4) is 0 Å². The molecule has 19 heavy (non-hydrogen) atoms. The van der Waals surface area contributed by atoms with Crippen molar-refractivity contribution in [3.63, 3.8) is 0 Å². The summed E-state index contributed by atoms with van der Waals surface area (Å²) in [6.07, 6.45) is 9.21. The molecular formula is C16H28O3. The highest BCUT2D eigenvalue weighted by Crippen LogP contribution is 2.29. The van der Waals surface area contributed by atoms with E-state index in [1.165, 1.54) is 32.1 Å². The van der Waals surface area contributed by atoms with Crippen LogP contribution in [0, 0.1) is 5.92 Å². The predicted molar refractivity (Wildman–Crippen MR) is 78.4 cm³/mol. The van der Waals surface area contributed by atoms with Crippen LogP contribution in [0.1, 0.15) is 45.4 Å². The molecule has 0 aliphatic heterocycles. The zero-order chi connectivity index (χ0) is 14.1. The number of allylic oxidation sites excluding steroid dienone is 1. The predicted octanol–water partition coefficient (Wildman–Crippen LogP) is 4.01. The molecule has 0 radical (unpaired) electrons. The molecule has 3 nitrogen and oxygen atoms in total. The highest BCUT2D eigenvalue weighted by atomic mass is 16.5. The van der Waals surface area contributed by atoms with Crippen molar-refractivity contribution < 1.29 is 14.6 Å². The van der Waals surface area contributed by atoms with Crippen molar-refractivity contribution in [1.82, 2.24) is 0 Å². The van der Waals surface area contributed by atoms with Gasteiger partial charge in [-0.2, -0.15) is 0 Å². The minimum atomic E-state index is 0.458. The van der Waals surface area contributed by atoms with E-state index in [2.05, 4.69) is 0 Å². The summed E-state index contributed by atoms with van der Waals surface area (Å²) in [4.78, 5) is 0. The smallest absolute Gasteiger partial charge is 0.0980 e. The molecule has 1 saturated carbocycles. The molecule has 3 heteroatoms. The highest BCUT2D eigenvalue weighted by Gasteiger charge is 2.16. The maximum atomic E-state index is 10.3. The Labute approximate surface area is 117 Å². The molecule has 1 aliphatic rings. The molecular weight excluding hydrogens is 240 g/mol. The largest absolute Gasteiger partial charge is 0.512 e. The normalized spacial score (nSPS) is 19.4. The topological polar surface area (TPSA) is 38.7 Å². The minimum absolute atomic E-state index is 0.458. The van der Waals surface area contributed by atoms with Crippen LogP contribution < -0.4 is 0 Å². The Hall–Kier alpha value is -0.800. The Morgan fingerprint density at radius 1 is 1.11 bits per heavy atom. The molecule has 0 aromatic heterocycles. The minimum Gasteiger partial charge on any atom is -0.512 e. The fourth-order valence-corrected chi connectivity index (χ4v) is 2.73. The van der Waals surface area contributed by atoms with Gasteiger partial charge in [0.25, 0.3) is 0 Å². The van der Waals surface area contributed by atoms with Gasteiger partial charge in [0.2, 0.25) is 0 Å². The quantitative estimate of drug-likeness (QED) is 0.560. The molecule has 0 saturated heterocycles. The summed E-state index contributed by atoms with van der Waals surface area (Å²) in [5.74, 6) is 1.13. The van der Waals surface area contributed by atoms with Crippen LogP contribution in [0.2, 0.25) is 0 Å². The van der Waals surface area contributed by atoms with Gasteiger partial charge in [-0.25, -0.2) is 0 Å². The fraction of sp³-hybridized carbons (Fsp3) is 0.750. The van der Waals surface area contributed by atoms with Crippen molar-refractivity contribution in [2.75, 3.05) is 27.4 Å². The first kappa shape index (κ1) is 16.3. The van der Waals surface area contributed by atoms with Crippen LogP contribution in [0.15, 0.2) is 23.0 Å². The van der Waals surface area contributed by atoms with Gasteiger partial charge in [0.15, 0.2) is 0 Å². The lowest BCUT2D eigenvalue weighted by molar-refractivity contribution is 0.216. The Bertz CT molecular complexity index is 312. The van der Waals surface area contributed by atoms with Gasteiger partial charge in [-0.15, -0.1) is 0 Å². The number of aliphatic hydroxyl groups is 1. The lowest BCUT2D eigenvalue weighted by atomic mass is 9.86. The SMILES string of the molecule is COCC(/C=C(\C)COC)=C(\O)CC1CCCCC1. The number of hydrogen-bond acceptors (Lipinski definition) is 3. The molecule has 0 aromatic carbocycles. The molecule has 0 amide bonds. The molecule has 0 heterocycles. The van der Waals surface area contributed by atoms with E-state index in [9.17, 15) is 5.11 Å². The van der Waals surface area contributed by atoms with Crippen molar-refractivity contribution in [1.29, 1.82) is 0 Å². The first-order valence-corrected chi connectivity index (χ1v) is 7.23. The molecule has 0 spiro atoms. The summed E-state index contributed by atoms with van der Waals surface area (Å²) in [7, 11) is 3.34. The van der Waals surface area contributed by atoms with Gasteiger partial charge in [-0.1, -0.05) is 38.2 Å². The number of methoxy groups -OCH3 is 2. The fourth-order valence-electron chi connectivity index (χ4n) is 2.73. The van der Waals surface area contributed by atoms with Crippen molar-refractivity contribution in [2.24, 2.45) is 5.92 Å². The Balaban J connectivity index is 2.69. The molecule has 1 aliphatic carbocycles. The van der Waals surface area contributed by atoms with E-state index >= 15 is 0 Å². The van der Waals surface area contributed by atoms with Crippen LogP contribution in [0.5, 0.6) is 0 Å². The van der Waals surface area contributed by atoms with Crippen molar-refractivity contribution in [3.05, 3.63) is 23.0 Å². The summed E-state index contributed by atoms with van der Waals surface area (Å²) >= 11 is 0. The first-order chi connectivity index (χ1) is 9.17. The van der Waals surface area contributed by atoms with Gasteiger partial charge in [-0.05, 0) is 18.4 Å². The molecule has 1 fully saturated rings. The summed E-state index contributed by atoms with van der Waals surface area (Å²) in [6.45, 7) is 3.05. The van der Waals surface area contributed by atoms with Gasteiger partial charge in [0.05, 0.1) is 19.0 Å². The van der Waals surface area contributed by atoms with Gasteiger partial charge >= 0.3 is 0 Å². The molecule has 0 unspecified atom stereocenters. The van der Waals surface area contributed by atoms with Crippen LogP contribution in [-0.2, 0) is 9.47 Å². The highest BCUT2D eigenvalue weighted by molar-refractivity contribution is 5.26. The van der Waals surface area contributed by atoms with Crippen LogP contribution in [0.25, 0.3) is 0 Å². The van der Waals surface area contributed by atoms with Crippen molar-refractivity contribution in [2.45, 2.75) is 45.4 Å². The average Bonchev–Trinajstić information content (AvgIpc) is 2.39. The summed E-state index contributed by atoms with van der Waals surface area (Å²) < 4.78 is 10.3. The summed E-state index contributed by atoms with van der Waals surface area (Å²) in [6, 6.07) is 0. The number of ether oxygens (including phenoxy) is 2. The second-order valence-electron chi connectivity index (χ2n) is 5.54. The van der Waals surface area contributed by atoms with Gasteiger partial charge in [0, 0.05) is 26.2 Å². The van der Waals surface area contributed by atoms with Crippen LogP contribution >= 0.6 is 0 Å². The number of rotatable bonds is 7. The second kappa shape index (κ2) is 9.16. The van der Waals surface area contributed by atoms with Gasteiger partial charge < -0.3 is 14.6 Å². The number of aliphatic hydroxyl groups excluding tert-OH is 1. The van der Waals surface area contributed by atoms with Crippen LogP contribution in [-0.4, -0.2) is 32.5 Å². The first-order valence-electron chi connectivity index (χ1n) is 7.23. The molecule has 1 N–H and O–H groups in total. The molecule has 0 bridgehead atoms. The third-order valence-corrected chi connectivity index (χ3v) is 3.67. The zero-order valence-corrected chi connectivity index (χ0v) is 12.6. The lowest BCUT2D eigenvalue weighted by Crippen LogP contribution is -2.09. The third kappa shape index (κ3) is 6.26. The third-order valence-electron chi connectivity index (χ3n) is 3.67. The lowest BCUT2D eigenvalue weighted by Gasteiger charge is -2.21. The van der Waals surface area contributed by atoms with E-state index in [0.29, 0.717) is 24.9 Å².